The second-order valence-corrected chi connectivity index (χ2v) is 5.19. The number of nitrogens with two attached hydrogens (primary N) is 1. The van der Waals surface area contributed by atoms with Crippen LogP contribution in [-0.2, 0) is 9.53 Å². The predicted octanol–water partition coefficient (Wildman–Crippen LogP) is 2.42. The summed E-state index contributed by atoms with van der Waals surface area (Å²) >= 11 is 0. The van der Waals surface area contributed by atoms with Crippen LogP contribution in [0.2, 0.25) is 0 Å². The first-order chi connectivity index (χ1) is 9.60. The van der Waals surface area contributed by atoms with Gasteiger partial charge in [-0.05, 0) is 31.4 Å². The molecule has 0 spiro atoms. The Hall–Kier alpha value is -1.75. The van der Waals surface area contributed by atoms with Crippen molar-refractivity contribution in [2.45, 2.75) is 32.3 Å². The van der Waals surface area contributed by atoms with Gasteiger partial charge in [0.2, 0.25) is 0 Å². The van der Waals surface area contributed by atoms with Crippen molar-refractivity contribution in [3.05, 3.63) is 18.2 Å². The number of nitrogens with one attached hydrogen (secondary N) is 1. The van der Waals surface area contributed by atoms with Crippen LogP contribution in [0.25, 0.3) is 0 Å². The maximum absolute atomic E-state index is 12.0. The molecule has 1 aromatic carbocycles. The van der Waals surface area contributed by atoms with E-state index in [9.17, 15) is 4.79 Å². The van der Waals surface area contributed by atoms with E-state index in [0.29, 0.717) is 23.7 Å². The summed E-state index contributed by atoms with van der Waals surface area (Å²) in [6.07, 6.45) is 3.16. The minimum absolute atomic E-state index is 0.177. The van der Waals surface area contributed by atoms with Crippen molar-refractivity contribution < 1.29 is 14.3 Å². The monoisotopic (exact) mass is 278 g/mol. The smallest absolute Gasteiger partial charge is 0.253 e. The van der Waals surface area contributed by atoms with Gasteiger partial charge in [0.25, 0.3) is 5.91 Å². The summed E-state index contributed by atoms with van der Waals surface area (Å²) in [6, 6.07) is 5.12. The number of nitrogen functional groups attached to an aromatic ring is 1. The molecule has 20 heavy (non-hydrogen) atoms. The number of carbonyl (C=O) groups excluding carboxylic acids is 1. The van der Waals surface area contributed by atoms with Gasteiger partial charge >= 0.3 is 0 Å². The van der Waals surface area contributed by atoms with Crippen LogP contribution in [0.1, 0.15) is 26.2 Å². The molecule has 1 saturated carbocycles. The van der Waals surface area contributed by atoms with Crippen molar-refractivity contribution in [2.75, 3.05) is 24.8 Å². The summed E-state index contributed by atoms with van der Waals surface area (Å²) in [5.41, 5.74) is 6.87. The van der Waals surface area contributed by atoms with Crippen molar-refractivity contribution in [3.8, 4) is 5.75 Å². The van der Waals surface area contributed by atoms with Crippen molar-refractivity contribution in [3.63, 3.8) is 0 Å². The van der Waals surface area contributed by atoms with Crippen molar-refractivity contribution >= 4 is 17.3 Å². The summed E-state index contributed by atoms with van der Waals surface area (Å²) in [7, 11) is 1.54. The normalized spacial score (nSPS) is 15.7. The molecular weight excluding hydrogens is 256 g/mol. The van der Waals surface area contributed by atoms with Crippen LogP contribution in [-0.4, -0.2) is 25.7 Å². The van der Waals surface area contributed by atoms with Crippen molar-refractivity contribution in [2.24, 2.45) is 5.92 Å². The number of hydrogen-bond donors (Lipinski definition) is 2. The largest absolute Gasteiger partial charge is 0.494 e. The molecule has 3 N–H and O–H groups in total. The fourth-order valence-electron chi connectivity index (χ4n) is 1.94. The maximum atomic E-state index is 12.0. The Bertz CT molecular complexity index is 472. The quantitative estimate of drug-likeness (QED) is 0.751. The number of amides is 1. The summed E-state index contributed by atoms with van der Waals surface area (Å²) in [4.78, 5) is 12.0. The minimum Gasteiger partial charge on any atom is -0.494 e. The highest BCUT2D eigenvalue weighted by Crippen LogP contribution is 2.32. The van der Waals surface area contributed by atoms with E-state index < -0.39 is 6.10 Å². The topological polar surface area (TPSA) is 73.6 Å². The number of methoxy groups -OCH3 is 1. The molecule has 0 aliphatic heterocycles. The number of carbonyl (C=O) groups is 1. The summed E-state index contributed by atoms with van der Waals surface area (Å²) in [6.45, 7) is 2.39. The summed E-state index contributed by atoms with van der Waals surface area (Å²) < 4.78 is 10.7. The zero-order valence-corrected chi connectivity index (χ0v) is 12.0. The van der Waals surface area contributed by atoms with E-state index >= 15 is 0 Å². The average Bonchev–Trinajstić information content (AvgIpc) is 3.24. The molecular formula is C15H22N2O3. The van der Waals surface area contributed by atoms with Crippen LogP contribution in [0.4, 0.5) is 11.4 Å². The van der Waals surface area contributed by atoms with Crippen LogP contribution in [0.3, 0.4) is 0 Å². The van der Waals surface area contributed by atoms with Gasteiger partial charge in [0.15, 0.2) is 0 Å². The highest BCUT2D eigenvalue weighted by Gasteiger charge is 2.22. The van der Waals surface area contributed by atoms with Gasteiger partial charge in [-0.1, -0.05) is 12.8 Å². The van der Waals surface area contributed by atoms with Crippen LogP contribution in [0, 0.1) is 5.92 Å². The zero-order chi connectivity index (χ0) is 14.5. The number of anilines is 2. The molecule has 0 saturated heterocycles. The van der Waals surface area contributed by atoms with E-state index in [2.05, 4.69) is 5.32 Å². The molecule has 0 bridgehead atoms. The van der Waals surface area contributed by atoms with Crippen LogP contribution >= 0.6 is 0 Å². The third-order valence-electron chi connectivity index (χ3n) is 3.44. The Balaban J connectivity index is 1.85. The molecule has 1 amide bonds. The molecule has 2 rings (SSSR count). The first-order valence-electron chi connectivity index (χ1n) is 6.96. The number of hydrogen-bond acceptors (Lipinski definition) is 4. The van der Waals surface area contributed by atoms with Gasteiger partial charge < -0.3 is 20.5 Å². The zero-order valence-electron chi connectivity index (χ0n) is 12.0. The first kappa shape index (κ1) is 14.7. The molecule has 1 aliphatic rings. The third kappa shape index (κ3) is 4.13. The lowest BCUT2D eigenvalue weighted by atomic mass is 10.2. The van der Waals surface area contributed by atoms with Gasteiger partial charge in [0.1, 0.15) is 11.9 Å². The van der Waals surface area contributed by atoms with Gasteiger partial charge in [-0.3, -0.25) is 4.79 Å². The van der Waals surface area contributed by atoms with Gasteiger partial charge in [-0.25, -0.2) is 0 Å². The van der Waals surface area contributed by atoms with E-state index in [4.69, 9.17) is 15.2 Å². The Kier molecular flexibility index (Phi) is 4.84. The standard InChI is InChI=1S/C15H22N2O3/c1-10(20-8-7-11-3-4-11)15(18)17-13-6-5-12(16)9-14(13)19-2/h5-6,9-11H,3-4,7-8,16H2,1-2H3,(H,17,18). The molecule has 0 radical (unpaired) electrons. The average molecular weight is 278 g/mol. The summed E-state index contributed by atoms with van der Waals surface area (Å²) in [5, 5.41) is 2.80. The van der Waals surface area contributed by atoms with Gasteiger partial charge in [0.05, 0.1) is 12.8 Å². The molecule has 5 nitrogen and oxygen atoms in total. The Morgan fingerprint density at radius 3 is 2.90 bits per heavy atom. The Morgan fingerprint density at radius 1 is 1.50 bits per heavy atom. The van der Waals surface area contributed by atoms with Crippen LogP contribution in [0.15, 0.2) is 18.2 Å². The Morgan fingerprint density at radius 2 is 2.25 bits per heavy atom. The fourth-order valence-corrected chi connectivity index (χ4v) is 1.94. The molecule has 5 heteroatoms. The van der Waals surface area contributed by atoms with Gasteiger partial charge in [-0.2, -0.15) is 0 Å². The van der Waals surface area contributed by atoms with E-state index in [1.165, 1.54) is 12.8 Å². The lowest BCUT2D eigenvalue weighted by Gasteiger charge is -2.15. The number of benzene rings is 1. The molecule has 110 valence electrons. The van der Waals surface area contributed by atoms with Crippen LogP contribution in [0.5, 0.6) is 5.75 Å². The lowest BCUT2D eigenvalue weighted by Crippen LogP contribution is -2.28. The SMILES string of the molecule is COc1cc(N)ccc1NC(=O)C(C)OCCC1CC1. The lowest BCUT2D eigenvalue weighted by molar-refractivity contribution is -0.126. The molecule has 1 fully saturated rings. The predicted molar refractivity (Wildman–Crippen MR) is 78.8 cm³/mol. The second kappa shape index (κ2) is 6.61. The molecule has 1 aromatic rings. The second-order valence-electron chi connectivity index (χ2n) is 5.19. The first-order valence-corrected chi connectivity index (χ1v) is 6.96. The van der Waals surface area contributed by atoms with E-state index in [0.717, 1.165) is 12.3 Å². The number of rotatable bonds is 7. The molecule has 0 aromatic heterocycles. The molecule has 0 heterocycles. The van der Waals surface area contributed by atoms with Gasteiger partial charge in [-0.15, -0.1) is 0 Å². The Labute approximate surface area is 119 Å². The van der Waals surface area contributed by atoms with Crippen LogP contribution < -0.4 is 15.8 Å². The molecule has 1 atom stereocenters. The third-order valence-corrected chi connectivity index (χ3v) is 3.44. The highest BCUT2D eigenvalue weighted by molar-refractivity contribution is 5.95. The fraction of sp³-hybridized carbons (Fsp3) is 0.533. The minimum atomic E-state index is -0.476. The van der Waals surface area contributed by atoms with Gasteiger partial charge in [0, 0.05) is 18.4 Å². The summed E-state index contributed by atoms with van der Waals surface area (Å²) in [5.74, 6) is 1.18. The van der Waals surface area contributed by atoms with E-state index in [-0.39, 0.29) is 5.91 Å². The number of ether oxygens (including phenoxy) is 2. The highest BCUT2D eigenvalue weighted by atomic mass is 16.5. The molecule has 1 unspecified atom stereocenters. The van der Waals surface area contributed by atoms with E-state index in [1.54, 1.807) is 32.2 Å². The van der Waals surface area contributed by atoms with E-state index in [1.807, 2.05) is 0 Å². The molecule has 1 aliphatic carbocycles. The maximum Gasteiger partial charge on any atom is 0.253 e. The van der Waals surface area contributed by atoms with Crippen molar-refractivity contribution in [1.82, 2.24) is 0 Å². The van der Waals surface area contributed by atoms with Crippen molar-refractivity contribution in [1.29, 1.82) is 0 Å².